The molecule has 0 aliphatic heterocycles. The minimum absolute atomic E-state index is 0.0361. The molecule has 0 aliphatic rings. The first-order valence-corrected chi connectivity index (χ1v) is 13.6. The van der Waals surface area contributed by atoms with Crippen molar-refractivity contribution in [3.8, 4) is 16.9 Å². The van der Waals surface area contributed by atoms with E-state index in [1.165, 1.54) is 11.3 Å². The number of carbonyl (C=O) groups excluding carboxylic acids is 1. The standard InChI is InChI=1S/C23H27N3O4S3/c24-14-20(25)22(27)30-8-10-32-12-11-31-9-7-29-18-3-1-16(2-4-18)19-13-17-15-26-6-5-21(17)33-23(19)28/h1-6,13,15,20H,7-12,14,24-25H2. The van der Waals surface area contributed by atoms with Gasteiger partial charge in [0, 0.05) is 57.6 Å². The number of nitrogens with two attached hydrogens (primary N) is 2. The number of fused-ring (bicyclic) bond motifs is 1. The Hall–Kier alpha value is -2.11. The molecule has 2 aromatic heterocycles. The SMILES string of the molecule is NCC(N)C(=O)OCCSCCSCCOc1ccc(-c2cc3cnccc3sc2=O)cc1. The van der Waals surface area contributed by atoms with Crippen molar-refractivity contribution in [2.75, 3.05) is 42.8 Å². The van der Waals surface area contributed by atoms with Crippen molar-refractivity contribution in [1.29, 1.82) is 0 Å². The van der Waals surface area contributed by atoms with Crippen LogP contribution < -0.4 is 20.9 Å². The summed E-state index contributed by atoms with van der Waals surface area (Å²) >= 11 is 4.78. The molecule has 0 amide bonds. The van der Waals surface area contributed by atoms with Crippen LogP contribution in [-0.4, -0.2) is 59.8 Å². The summed E-state index contributed by atoms with van der Waals surface area (Å²) in [5, 5.41) is 0.962. The molecular formula is C23H27N3O4S3. The van der Waals surface area contributed by atoms with Crippen LogP contribution in [0.2, 0.25) is 0 Å². The molecule has 1 atom stereocenters. The number of rotatable bonds is 13. The Morgan fingerprint density at radius 2 is 1.79 bits per heavy atom. The molecule has 3 rings (SSSR count). The van der Waals surface area contributed by atoms with Crippen molar-refractivity contribution in [2.45, 2.75) is 6.04 Å². The van der Waals surface area contributed by atoms with E-state index in [1.54, 1.807) is 24.2 Å². The molecule has 0 fully saturated rings. The molecule has 176 valence electrons. The Kier molecular flexibility index (Phi) is 10.5. The summed E-state index contributed by atoms with van der Waals surface area (Å²) < 4.78 is 11.8. The first-order valence-electron chi connectivity index (χ1n) is 10.5. The fourth-order valence-electron chi connectivity index (χ4n) is 2.84. The number of benzene rings is 1. The zero-order chi connectivity index (χ0) is 23.5. The maximum atomic E-state index is 12.5. The predicted octanol–water partition coefficient (Wildman–Crippen LogP) is 3.00. The van der Waals surface area contributed by atoms with Gasteiger partial charge in [-0.2, -0.15) is 23.5 Å². The predicted molar refractivity (Wildman–Crippen MR) is 139 cm³/mol. The summed E-state index contributed by atoms with van der Waals surface area (Å²) in [6, 6.07) is 10.6. The fourth-order valence-corrected chi connectivity index (χ4v) is 5.44. The van der Waals surface area contributed by atoms with Crippen LogP contribution in [0.4, 0.5) is 0 Å². The van der Waals surface area contributed by atoms with Crippen molar-refractivity contribution < 1.29 is 14.3 Å². The van der Waals surface area contributed by atoms with Gasteiger partial charge in [0.05, 0.1) is 6.61 Å². The summed E-state index contributed by atoms with van der Waals surface area (Å²) in [7, 11) is 0. The van der Waals surface area contributed by atoms with Crippen LogP contribution in [0.3, 0.4) is 0 Å². The van der Waals surface area contributed by atoms with Crippen LogP contribution in [0.15, 0.2) is 53.6 Å². The van der Waals surface area contributed by atoms with E-state index >= 15 is 0 Å². The summed E-state index contributed by atoms with van der Waals surface area (Å²) in [5.41, 5.74) is 12.4. The number of carbonyl (C=O) groups is 1. The van der Waals surface area contributed by atoms with Gasteiger partial charge in [0.25, 0.3) is 0 Å². The van der Waals surface area contributed by atoms with Crippen molar-refractivity contribution in [3.63, 3.8) is 0 Å². The molecule has 0 aliphatic carbocycles. The highest BCUT2D eigenvalue weighted by Gasteiger charge is 2.12. The van der Waals surface area contributed by atoms with Gasteiger partial charge < -0.3 is 20.9 Å². The van der Waals surface area contributed by atoms with Crippen LogP contribution >= 0.6 is 34.9 Å². The van der Waals surface area contributed by atoms with Gasteiger partial charge in [0.15, 0.2) is 0 Å². The smallest absolute Gasteiger partial charge is 0.324 e. The van der Waals surface area contributed by atoms with Crippen molar-refractivity contribution in [3.05, 3.63) is 58.3 Å². The van der Waals surface area contributed by atoms with Gasteiger partial charge in [-0.05, 0) is 29.8 Å². The molecule has 7 nitrogen and oxygen atoms in total. The second-order valence-electron chi connectivity index (χ2n) is 6.97. The van der Waals surface area contributed by atoms with Crippen molar-refractivity contribution in [1.82, 2.24) is 4.98 Å². The molecule has 0 bridgehead atoms. The van der Waals surface area contributed by atoms with E-state index in [4.69, 9.17) is 20.9 Å². The fraction of sp³-hybridized carbons (Fsp3) is 0.348. The third-order valence-corrected chi connectivity index (χ3v) is 7.75. The highest BCUT2D eigenvalue weighted by Crippen LogP contribution is 2.25. The molecular weight excluding hydrogens is 478 g/mol. The highest BCUT2D eigenvalue weighted by molar-refractivity contribution is 8.02. The zero-order valence-corrected chi connectivity index (χ0v) is 20.6. The molecule has 2 heterocycles. The quantitative estimate of drug-likeness (QED) is 0.267. The summed E-state index contributed by atoms with van der Waals surface area (Å²) in [6.07, 6.45) is 3.47. The van der Waals surface area contributed by atoms with Gasteiger partial charge in [0.1, 0.15) is 18.4 Å². The number of ether oxygens (including phenoxy) is 2. The average molecular weight is 506 g/mol. The topological polar surface area (TPSA) is 118 Å². The van der Waals surface area contributed by atoms with Crippen LogP contribution in [0.25, 0.3) is 21.2 Å². The van der Waals surface area contributed by atoms with E-state index in [9.17, 15) is 9.59 Å². The Labute approximate surface area is 205 Å². The molecule has 0 saturated carbocycles. The third kappa shape index (κ3) is 8.01. The molecule has 0 radical (unpaired) electrons. The average Bonchev–Trinajstić information content (AvgIpc) is 2.84. The normalized spacial score (nSPS) is 11.9. The molecule has 10 heteroatoms. The zero-order valence-electron chi connectivity index (χ0n) is 18.1. The molecule has 4 N–H and O–H groups in total. The second-order valence-corrected chi connectivity index (χ2v) is 10.4. The minimum Gasteiger partial charge on any atom is -0.493 e. The van der Waals surface area contributed by atoms with E-state index in [0.29, 0.717) is 18.8 Å². The minimum atomic E-state index is -0.734. The summed E-state index contributed by atoms with van der Waals surface area (Å²) in [5.74, 6) is 3.93. The number of pyridine rings is 1. The Morgan fingerprint density at radius 3 is 2.52 bits per heavy atom. The number of thioether (sulfide) groups is 2. The lowest BCUT2D eigenvalue weighted by molar-refractivity contribution is -0.144. The Balaban J connectivity index is 1.32. The second kappa shape index (κ2) is 13.6. The first kappa shape index (κ1) is 25.5. The monoisotopic (exact) mass is 505 g/mol. The highest BCUT2D eigenvalue weighted by atomic mass is 32.2. The van der Waals surface area contributed by atoms with Gasteiger partial charge >= 0.3 is 5.97 Å². The van der Waals surface area contributed by atoms with Gasteiger partial charge in [-0.25, -0.2) is 0 Å². The number of hydrogen-bond donors (Lipinski definition) is 2. The lowest BCUT2D eigenvalue weighted by Gasteiger charge is -2.09. The van der Waals surface area contributed by atoms with E-state index in [0.717, 1.165) is 44.4 Å². The van der Waals surface area contributed by atoms with Crippen LogP contribution in [-0.2, 0) is 9.53 Å². The third-order valence-electron chi connectivity index (χ3n) is 4.59. The molecule has 0 saturated heterocycles. The number of esters is 1. The number of aromatic nitrogens is 1. The van der Waals surface area contributed by atoms with Gasteiger partial charge in [-0.15, -0.1) is 0 Å². The maximum Gasteiger partial charge on any atom is 0.324 e. The first-order chi connectivity index (χ1) is 16.1. The van der Waals surface area contributed by atoms with Gasteiger partial charge in [-0.3, -0.25) is 14.6 Å². The van der Waals surface area contributed by atoms with Crippen molar-refractivity contribution >= 4 is 50.9 Å². The lowest BCUT2D eigenvalue weighted by Crippen LogP contribution is -2.39. The van der Waals surface area contributed by atoms with Gasteiger partial charge in [0.2, 0.25) is 4.74 Å². The molecule has 3 aromatic rings. The van der Waals surface area contributed by atoms with E-state index in [2.05, 4.69) is 4.98 Å². The number of nitrogens with zero attached hydrogens (tertiary/aromatic N) is 1. The van der Waals surface area contributed by atoms with E-state index in [-0.39, 0.29) is 11.3 Å². The molecule has 1 aromatic carbocycles. The molecule has 1 unspecified atom stereocenters. The van der Waals surface area contributed by atoms with E-state index < -0.39 is 12.0 Å². The van der Waals surface area contributed by atoms with Crippen molar-refractivity contribution in [2.24, 2.45) is 11.5 Å². The van der Waals surface area contributed by atoms with Crippen LogP contribution in [0, 0.1) is 0 Å². The van der Waals surface area contributed by atoms with Gasteiger partial charge in [-0.1, -0.05) is 23.5 Å². The van der Waals surface area contributed by atoms with Crippen LogP contribution in [0.1, 0.15) is 0 Å². The number of hydrogen-bond acceptors (Lipinski definition) is 10. The largest absolute Gasteiger partial charge is 0.493 e. The van der Waals surface area contributed by atoms with E-state index in [1.807, 2.05) is 48.2 Å². The maximum absolute atomic E-state index is 12.5. The lowest BCUT2D eigenvalue weighted by atomic mass is 10.1. The van der Waals surface area contributed by atoms with Crippen LogP contribution in [0.5, 0.6) is 5.75 Å². The Morgan fingerprint density at radius 1 is 1.06 bits per heavy atom. The molecule has 0 spiro atoms. The Bertz CT molecular complexity index is 1090. The molecule has 33 heavy (non-hydrogen) atoms. The summed E-state index contributed by atoms with van der Waals surface area (Å²) in [6.45, 7) is 1.06. The summed E-state index contributed by atoms with van der Waals surface area (Å²) in [4.78, 5) is 28.0.